The molecule has 0 fully saturated rings. The van der Waals surface area contributed by atoms with Gasteiger partial charge in [0.15, 0.2) is 23.0 Å². The Bertz CT molecular complexity index is 2480. The molecule has 0 saturated carbocycles. The number of rotatable bonds is 12. The lowest BCUT2D eigenvalue weighted by molar-refractivity contribution is 0.0740. The van der Waals surface area contributed by atoms with Gasteiger partial charge in [-0.2, -0.15) is 0 Å². The van der Waals surface area contributed by atoms with Crippen LogP contribution in [0.5, 0.6) is 34.5 Å². The van der Waals surface area contributed by atoms with Gasteiger partial charge in [0.25, 0.3) is 11.8 Å². The fourth-order valence-electron chi connectivity index (χ4n) is 8.18. The number of ether oxygens (including phenoxy) is 6. The van der Waals surface area contributed by atoms with Crippen molar-refractivity contribution in [2.24, 2.45) is 9.98 Å². The SMILES string of the molecule is COc1ccc(C2=CCN3C(=O)c4cc(OC)c(OCc5cccc(COc6cc7c(cc6OC)C(=O)N6CC=C(c8ccc(OC)cc8)C[C@H]6C=N7)n5)cc4N=CC3C2)cc1. The number of methoxy groups -OCH3 is 4. The van der Waals surface area contributed by atoms with Crippen LogP contribution in [0.15, 0.2) is 113 Å². The van der Waals surface area contributed by atoms with E-state index >= 15 is 0 Å². The highest BCUT2D eigenvalue weighted by Crippen LogP contribution is 2.41. The molecule has 0 saturated heterocycles. The molecule has 9 rings (SSSR count). The normalized spacial score (nSPS) is 17.6. The van der Waals surface area contributed by atoms with E-state index in [4.69, 9.17) is 43.4 Å². The summed E-state index contributed by atoms with van der Waals surface area (Å²) >= 11 is 0. The molecule has 2 atom stereocenters. The first-order valence-electron chi connectivity index (χ1n) is 20.3. The Labute approximate surface area is 359 Å². The van der Waals surface area contributed by atoms with Gasteiger partial charge in [0.05, 0.1) is 74.4 Å². The minimum Gasteiger partial charge on any atom is -0.497 e. The van der Waals surface area contributed by atoms with E-state index in [1.54, 1.807) is 52.7 Å². The molecular weight excluding hydrogens is 787 g/mol. The first-order chi connectivity index (χ1) is 30.3. The molecule has 4 aliphatic heterocycles. The van der Waals surface area contributed by atoms with Gasteiger partial charge >= 0.3 is 0 Å². The molecule has 0 bridgehead atoms. The molecule has 4 aromatic carbocycles. The monoisotopic (exact) mass is 831 g/mol. The molecule has 1 unspecified atom stereocenters. The number of aliphatic imine (C=N–C) groups is 2. The Morgan fingerprint density at radius 1 is 0.548 bits per heavy atom. The highest BCUT2D eigenvalue weighted by molar-refractivity contribution is 6.05. The standard InChI is InChI=1S/C49H45N5O8/c1-57-38-12-8-30(9-13-38)32-16-18-53-36(20-32)26-50-42-24-46(44(59-3)22-40(42)48(53)55)61-28-34-6-5-7-35(52-34)29-62-47-25-43-41(23-45(47)60-4)49(56)54-19-17-33(21-37(54)27-51-43)31-10-14-39(58-2)15-11-31/h5-17,22-27,36-37H,18-21,28-29H2,1-4H3/t36-,37?/m0/s1. The van der Waals surface area contributed by atoms with Gasteiger partial charge in [0, 0.05) is 37.7 Å². The summed E-state index contributed by atoms with van der Waals surface area (Å²) in [6.45, 7) is 1.16. The Kier molecular flexibility index (Phi) is 11.2. The van der Waals surface area contributed by atoms with Gasteiger partial charge in [-0.15, -0.1) is 0 Å². The van der Waals surface area contributed by atoms with E-state index in [1.165, 1.54) is 0 Å². The van der Waals surface area contributed by atoms with E-state index < -0.39 is 0 Å². The van der Waals surface area contributed by atoms with Crippen LogP contribution in [0, 0.1) is 0 Å². The van der Waals surface area contributed by atoms with Gasteiger partial charge in [-0.1, -0.05) is 42.5 Å². The second kappa shape index (κ2) is 17.3. The summed E-state index contributed by atoms with van der Waals surface area (Å²) in [7, 11) is 6.38. The van der Waals surface area contributed by atoms with Crippen LogP contribution in [0.25, 0.3) is 11.1 Å². The average Bonchev–Trinajstić information content (AvgIpc) is 3.55. The molecule has 62 heavy (non-hydrogen) atoms. The molecule has 0 spiro atoms. The zero-order valence-corrected chi connectivity index (χ0v) is 34.9. The Hall–Kier alpha value is -7.41. The number of pyridine rings is 1. The van der Waals surface area contributed by atoms with Crippen LogP contribution < -0.4 is 28.4 Å². The number of nitrogens with zero attached hydrogens (tertiary/aromatic N) is 5. The van der Waals surface area contributed by atoms with Crippen LogP contribution >= 0.6 is 0 Å². The van der Waals surface area contributed by atoms with E-state index in [0.29, 0.717) is 82.8 Å². The van der Waals surface area contributed by atoms with Gasteiger partial charge in [0.1, 0.15) is 24.7 Å². The number of fused-ring (bicyclic) bond motifs is 4. The predicted molar refractivity (Wildman–Crippen MR) is 236 cm³/mol. The summed E-state index contributed by atoms with van der Waals surface area (Å²) in [5.41, 5.74) is 7.69. The van der Waals surface area contributed by atoms with Gasteiger partial charge in [-0.05, 0) is 83.6 Å². The summed E-state index contributed by atoms with van der Waals surface area (Å²) < 4.78 is 34.6. The third kappa shape index (κ3) is 7.96. The van der Waals surface area contributed by atoms with Crippen molar-refractivity contribution in [3.05, 3.63) is 137 Å². The summed E-state index contributed by atoms with van der Waals surface area (Å²) in [4.78, 5) is 45.7. The molecule has 5 heterocycles. The van der Waals surface area contributed by atoms with Crippen LogP contribution in [0.4, 0.5) is 11.4 Å². The number of amides is 2. The van der Waals surface area contributed by atoms with Crippen molar-refractivity contribution in [1.82, 2.24) is 14.8 Å². The number of carbonyl (C=O) groups excluding carboxylic acids is 2. The van der Waals surface area contributed by atoms with Gasteiger partial charge < -0.3 is 38.2 Å². The van der Waals surface area contributed by atoms with Crippen molar-refractivity contribution in [3.8, 4) is 34.5 Å². The van der Waals surface area contributed by atoms with E-state index in [0.717, 1.165) is 33.8 Å². The van der Waals surface area contributed by atoms with Gasteiger partial charge in [-0.25, -0.2) is 0 Å². The lowest BCUT2D eigenvalue weighted by atomic mass is 9.94. The molecule has 5 aromatic rings. The zero-order valence-electron chi connectivity index (χ0n) is 34.9. The lowest BCUT2D eigenvalue weighted by Gasteiger charge is -2.32. The summed E-state index contributed by atoms with van der Waals surface area (Å²) in [6.07, 6.45) is 9.15. The predicted octanol–water partition coefficient (Wildman–Crippen LogP) is 8.30. The maximum absolute atomic E-state index is 13.9. The van der Waals surface area contributed by atoms with Gasteiger partial charge in [0.2, 0.25) is 0 Å². The fraction of sp³-hybridized carbons (Fsp3) is 0.245. The van der Waals surface area contributed by atoms with Crippen molar-refractivity contribution in [2.45, 2.75) is 38.1 Å². The molecule has 0 radical (unpaired) electrons. The maximum Gasteiger partial charge on any atom is 0.257 e. The number of aromatic nitrogens is 1. The molecule has 4 aliphatic rings. The number of carbonyl (C=O) groups is 2. The molecular formula is C49H45N5O8. The second-order valence-corrected chi connectivity index (χ2v) is 15.2. The smallest absolute Gasteiger partial charge is 0.257 e. The van der Waals surface area contributed by atoms with E-state index in [-0.39, 0.29) is 37.1 Å². The maximum atomic E-state index is 13.9. The second-order valence-electron chi connectivity index (χ2n) is 15.2. The molecule has 0 N–H and O–H groups in total. The van der Waals surface area contributed by atoms with E-state index in [9.17, 15) is 9.59 Å². The summed E-state index contributed by atoms with van der Waals surface area (Å²) in [6, 6.07) is 27.9. The van der Waals surface area contributed by atoms with Gasteiger partial charge in [-0.3, -0.25) is 24.6 Å². The van der Waals surface area contributed by atoms with Crippen molar-refractivity contribution < 1.29 is 38.0 Å². The fourth-order valence-corrected chi connectivity index (χ4v) is 8.18. The zero-order chi connectivity index (χ0) is 42.7. The van der Waals surface area contributed by atoms with Crippen molar-refractivity contribution in [3.63, 3.8) is 0 Å². The van der Waals surface area contributed by atoms with Crippen molar-refractivity contribution >= 4 is 46.8 Å². The minimum atomic E-state index is -0.206. The summed E-state index contributed by atoms with van der Waals surface area (Å²) in [5.74, 6) is 3.04. The number of hydrogen-bond donors (Lipinski definition) is 0. The highest BCUT2D eigenvalue weighted by Gasteiger charge is 2.34. The first kappa shape index (κ1) is 40.0. The van der Waals surface area contributed by atoms with Crippen LogP contribution in [-0.4, -0.2) is 92.6 Å². The quantitative estimate of drug-likeness (QED) is 0.122. The van der Waals surface area contributed by atoms with E-state index in [2.05, 4.69) is 12.2 Å². The highest BCUT2D eigenvalue weighted by atomic mass is 16.5. The molecule has 2 amide bonds. The molecule has 13 nitrogen and oxygen atoms in total. The molecule has 0 aliphatic carbocycles. The Balaban J connectivity index is 0.865. The lowest BCUT2D eigenvalue weighted by Crippen LogP contribution is -2.43. The van der Waals surface area contributed by atoms with Crippen LogP contribution in [-0.2, 0) is 13.2 Å². The summed E-state index contributed by atoms with van der Waals surface area (Å²) in [5, 5.41) is 0. The largest absolute Gasteiger partial charge is 0.497 e. The van der Waals surface area contributed by atoms with Crippen LogP contribution in [0.3, 0.4) is 0 Å². The number of benzene rings is 4. The third-order valence-corrected chi connectivity index (χ3v) is 11.6. The van der Waals surface area contributed by atoms with Crippen molar-refractivity contribution in [2.75, 3.05) is 41.5 Å². The molecule has 314 valence electrons. The van der Waals surface area contributed by atoms with Crippen LogP contribution in [0.1, 0.15) is 56.1 Å². The molecule has 13 heteroatoms. The van der Waals surface area contributed by atoms with Crippen molar-refractivity contribution in [1.29, 1.82) is 0 Å². The number of hydrogen-bond acceptors (Lipinski definition) is 11. The van der Waals surface area contributed by atoms with E-state index in [1.807, 2.05) is 89.0 Å². The molecule has 1 aromatic heterocycles. The Morgan fingerprint density at radius 3 is 1.39 bits per heavy atom. The minimum absolute atomic E-state index is 0.121. The Morgan fingerprint density at radius 2 is 0.984 bits per heavy atom. The van der Waals surface area contributed by atoms with Crippen LogP contribution in [0.2, 0.25) is 0 Å². The first-order valence-corrected chi connectivity index (χ1v) is 20.3. The average molecular weight is 832 g/mol. The topological polar surface area (TPSA) is 134 Å². The third-order valence-electron chi connectivity index (χ3n) is 11.6.